The molecule has 0 radical (unpaired) electrons. The minimum absolute atomic E-state index is 0.255. The number of carboxylic acids is 1. The van der Waals surface area contributed by atoms with E-state index in [1.165, 1.54) is 10.7 Å². The minimum atomic E-state index is -1.04. The third kappa shape index (κ3) is 3.57. The number of carbonyl (C=O) groups excluding carboxylic acids is 1. The Bertz CT molecular complexity index is 670. The molecule has 0 saturated carbocycles. The molecule has 0 bridgehead atoms. The van der Waals surface area contributed by atoms with Gasteiger partial charge in [-0.05, 0) is 22.4 Å². The molecule has 8 heteroatoms. The first-order valence-corrected chi connectivity index (χ1v) is 7.34. The molecule has 1 atom stereocenters. The maximum absolute atomic E-state index is 12.2. The van der Waals surface area contributed by atoms with Gasteiger partial charge in [0.25, 0.3) is 5.91 Å². The minimum Gasteiger partial charge on any atom is -0.480 e. The van der Waals surface area contributed by atoms with E-state index in [-0.39, 0.29) is 5.56 Å². The van der Waals surface area contributed by atoms with E-state index in [4.69, 9.17) is 5.11 Å². The molecule has 2 rings (SSSR count). The lowest BCUT2D eigenvalue weighted by Crippen LogP contribution is -2.40. The maximum atomic E-state index is 12.2. The summed E-state index contributed by atoms with van der Waals surface area (Å²) in [4.78, 5) is 27.5. The average molecular weight is 355 g/mol. The SMILES string of the molecule is CCCCC(NC(=O)c1cnn2cc(Br)cnc12)C(=O)O. The fourth-order valence-electron chi connectivity index (χ4n) is 1.91. The molecule has 2 aromatic rings. The van der Waals surface area contributed by atoms with Gasteiger partial charge in [-0.15, -0.1) is 0 Å². The number of aliphatic carboxylic acids is 1. The van der Waals surface area contributed by atoms with Crippen LogP contribution in [0.5, 0.6) is 0 Å². The molecule has 0 spiro atoms. The van der Waals surface area contributed by atoms with Gasteiger partial charge >= 0.3 is 5.97 Å². The van der Waals surface area contributed by atoms with Gasteiger partial charge in [-0.3, -0.25) is 4.79 Å². The summed E-state index contributed by atoms with van der Waals surface area (Å²) in [6.07, 6.45) is 6.60. The third-order valence-electron chi connectivity index (χ3n) is 3.02. The summed E-state index contributed by atoms with van der Waals surface area (Å²) in [6, 6.07) is -0.900. The van der Waals surface area contributed by atoms with E-state index >= 15 is 0 Å². The van der Waals surface area contributed by atoms with Crippen molar-refractivity contribution in [2.24, 2.45) is 0 Å². The molecule has 0 aliphatic rings. The second-order valence-corrected chi connectivity index (χ2v) is 5.52. The lowest BCUT2D eigenvalue weighted by molar-refractivity contribution is -0.139. The van der Waals surface area contributed by atoms with E-state index in [0.717, 1.165) is 17.3 Å². The van der Waals surface area contributed by atoms with Gasteiger partial charge in [0.05, 0.1) is 10.7 Å². The molecular formula is C13H15BrN4O3. The standard InChI is InChI=1S/C13H15BrN4O3/c1-2-3-4-10(13(20)21)17-12(19)9-6-16-18-7-8(14)5-15-11(9)18/h5-7,10H,2-4H2,1H3,(H,17,19)(H,20,21). The van der Waals surface area contributed by atoms with E-state index in [1.807, 2.05) is 6.92 Å². The summed E-state index contributed by atoms with van der Waals surface area (Å²) in [5, 5.41) is 15.7. The van der Waals surface area contributed by atoms with Crippen LogP contribution in [0, 0.1) is 0 Å². The Morgan fingerprint density at radius 2 is 2.24 bits per heavy atom. The van der Waals surface area contributed by atoms with Crippen molar-refractivity contribution in [3.8, 4) is 0 Å². The van der Waals surface area contributed by atoms with Gasteiger partial charge in [0.1, 0.15) is 11.6 Å². The van der Waals surface area contributed by atoms with Gasteiger partial charge in [0.15, 0.2) is 5.65 Å². The molecular weight excluding hydrogens is 340 g/mol. The van der Waals surface area contributed by atoms with Gasteiger partial charge in [-0.2, -0.15) is 5.10 Å². The molecule has 2 heterocycles. The lowest BCUT2D eigenvalue weighted by Gasteiger charge is -2.13. The van der Waals surface area contributed by atoms with E-state index in [2.05, 4.69) is 31.3 Å². The van der Waals surface area contributed by atoms with Gasteiger partial charge < -0.3 is 10.4 Å². The first-order valence-electron chi connectivity index (χ1n) is 6.55. The highest BCUT2D eigenvalue weighted by Gasteiger charge is 2.22. The number of nitrogens with zero attached hydrogens (tertiary/aromatic N) is 3. The van der Waals surface area contributed by atoms with Crippen LogP contribution in [0.15, 0.2) is 23.1 Å². The van der Waals surface area contributed by atoms with E-state index in [9.17, 15) is 9.59 Å². The number of carboxylic acid groups (broad SMARTS) is 1. The molecule has 7 nitrogen and oxygen atoms in total. The molecule has 1 unspecified atom stereocenters. The predicted molar refractivity (Wildman–Crippen MR) is 79.1 cm³/mol. The Hall–Kier alpha value is -1.96. The van der Waals surface area contributed by atoms with Crippen LogP contribution in [0.25, 0.3) is 5.65 Å². The van der Waals surface area contributed by atoms with Crippen molar-refractivity contribution in [2.45, 2.75) is 32.2 Å². The van der Waals surface area contributed by atoms with Crippen molar-refractivity contribution in [3.05, 3.63) is 28.6 Å². The number of rotatable bonds is 6. The summed E-state index contributed by atoms with van der Waals surface area (Å²) in [7, 11) is 0. The molecule has 2 aromatic heterocycles. The van der Waals surface area contributed by atoms with E-state index < -0.39 is 17.9 Å². The Kier molecular flexibility index (Phi) is 4.89. The summed E-state index contributed by atoms with van der Waals surface area (Å²) < 4.78 is 2.19. The molecule has 0 fully saturated rings. The first-order chi connectivity index (χ1) is 10.0. The van der Waals surface area contributed by atoms with Crippen molar-refractivity contribution < 1.29 is 14.7 Å². The molecule has 112 valence electrons. The summed E-state index contributed by atoms with van der Waals surface area (Å²) in [5.74, 6) is -1.52. The number of fused-ring (bicyclic) bond motifs is 1. The molecule has 1 amide bonds. The highest BCUT2D eigenvalue weighted by Crippen LogP contribution is 2.13. The topological polar surface area (TPSA) is 96.6 Å². The zero-order chi connectivity index (χ0) is 15.4. The number of halogens is 1. The molecule has 0 aliphatic heterocycles. The van der Waals surface area contributed by atoms with Crippen LogP contribution in [0.3, 0.4) is 0 Å². The molecule has 0 saturated heterocycles. The summed E-state index contributed by atoms with van der Waals surface area (Å²) in [6.45, 7) is 1.97. The first kappa shape index (κ1) is 15.4. The van der Waals surface area contributed by atoms with Crippen molar-refractivity contribution in [1.29, 1.82) is 0 Å². The van der Waals surface area contributed by atoms with Crippen LogP contribution in [0.4, 0.5) is 0 Å². The van der Waals surface area contributed by atoms with Gasteiger partial charge in [0, 0.05) is 12.4 Å². The molecule has 0 aliphatic carbocycles. The Labute approximate surface area is 129 Å². The largest absolute Gasteiger partial charge is 0.480 e. The molecule has 2 N–H and O–H groups in total. The second-order valence-electron chi connectivity index (χ2n) is 4.61. The normalized spacial score (nSPS) is 12.3. The van der Waals surface area contributed by atoms with Crippen LogP contribution < -0.4 is 5.32 Å². The van der Waals surface area contributed by atoms with E-state index in [0.29, 0.717) is 12.1 Å². The van der Waals surface area contributed by atoms with Gasteiger partial charge in [-0.1, -0.05) is 19.8 Å². The molecule has 0 aromatic carbocycles. The number of aromatic nitrogens is 3. The predicted octanol–water partition coefficient (Wildman–Crippen LogP) is 1.86. The Morgan fingerprint density at radius 1 is 1.48 bits per heavy atom. The van der Waals surface area contributed by atoms with E-state index in [1.54, 1.807) is 12.4 Å². The highest BCUT2D eigenvalue weighted by atomic mass is 79.9. The number of nitrogens with one attached hydrogen (secondary N) is 1. The number of hydrogen-bond donors (Lipinski definition) is 2. The number of amides is 1. The smallest absolute Gasteiger partial charge is 0.326 e. The number of carbonyl (C=O) groups is 2. The van der Waals surface area contributed by atoms with Crippen LogP contribution in [0.1, 0.15) is 36.5 Å². The zero-order valence-corrected chi connectivity index (χ0v) is 13.0. The van der Waals surface area contributed by atoms with Crippen LogP contribution >= 0.6 is 15.9 Å². The van der Waals surface area contributed by atoms with Gasteiger partial charge in [-0.25, -0.2) is 14.3 Å². The quantitative estimate of drug-likeness (QED) is 0.825. The monoisotopic (exact) mass is 354 g/mol. The zero-order valence-electron chi connectivity index (χ0n) is 11.4. The van der Waals surface area contributed by atoms with Crippen LogP contribution in [-0.2, 0) is 4.79 Å². The Morgan fingerprint density at radius 3 is 2.90 bits per heavy atom. The van der Waals surface area contributed by atoms with Crippen molar-refractivity contribution >= 4 is 33.5 Å². The fourth-order valence-corrected chi connectivity index (χ4v) is 2.21. The van der Waals surface area contributed by atoms with Crippen molar-refractivity contribution in [3.63, 3.8) is 0 Å². The van der Waals surface area contributed by atoms with Crippen LogP contribution in [-0.4, -0.2) is 37.6 Å². The average Bonchev–Trinajstić information content (AvgIpc) is 2.85. The second kappa shape index (κ2) is 6.66. The summed E-state index contributed by atoms with van der Waals surface area (Å²) >= 11 is 3.26. The Balaban J connectivity index is 2.19. The highest BCUT2D eigenvalue weighted by molar-refractivity contribution is 9.10. The third-order valence-corrected chi connectivity index (χ3v) is 3.43. The van der Waals surface area contributed by atoms with Crippen molar-refractivity contribution in [1.82, 2.24) is 19.9 Å². The van der Waals surface area contributed by atoms with Crippen LogP contribution in [0.2, 0.25) is 0 Å². The van der Waals surface area contributed by atoms with Gasteiger partial charge in [0.2, 0.25) is 0 Å². The molecule has 21 heavy (non-hydrogen) atoms. The number of hydrogen-bond acceptors (Lipinski definition) is 4. The van der Waals surface area contributed by atoms with Crippen molar-refractivity contribution in [2.75, 3.05) is 0 Å². The number of unbranched alkanes of at least 4 members (excludes halogenated alkanes) is 1. The maximum Gasteiger partial charge on any atom is 0.326 e. The lowest BCUT2D eigenvalue weighted by atomic mass is 10.1. The summed E-state index contributed by atoms with van der Waals surface area (Å²) in [5.41, 5.74) is 0.639. The fraction of sp³-hybridized carbons (Fsp3) is 0.385.